The van der Waals surface area contributed by atoms with Crippen molar-refractivity contribution in [2.75, 3.05) is 11.5 Å². The van der Waals surface area contributed by atoms with Crippen LogP contribution in [0.4, 0.5) is 10.1 Å². The van der Waals surface area contributed by atoms with Gasteiger partial charge in [0, 0.05) is 12.1 Å². The van der Waals surface area contributed by atoms with E-state index in [1.165, 1.54) is 6.92 Å². The molecule has 0 aromatic heterocycles. The van der Waals surface area contributed by atoms with Crippen LogP contribution < -0.4 is 4.72 Å². The first-order chi connectivity index (χ1) is 9.81. The molecule has 1 aliphatic rings. The third kappa shape index (κ3) is 3.72. The predicted molar refractivity (Wildman–Crippen MR) is 78.5 cm³/mol. The maximum absolute atomic E-state index is 13.6. The van der Waals surface area contributed by atoms with Crippen LogP contribution in [-0.2, 0) is 10.0 Å². The molecule has 1 aromatic rings. The molecule has 1 N–H and O–H groups in total. The minimum absolute atomic E-state index is 0.0659. The van der Waals surface area contributed by atoms with Gasteiger partial charge in [-0.05, 0) is 42.9 Å². The molecule has 1 heterocycles. The van der Waals surface area contributed by atoms with Gasteiger partial charge in [-0.25, -0.2) is 13.1 Å². The minimum Gasteiger partial charge on any atom is -0.258 e. The largest absolute Gasteiger partial charge is 0.306 e. The monoisotopic (exact) mass is 334 g/mol. The van der Waals surface area contributed by atoms with Crippen LogP contribution >= 0.6 is 11.8 Å². The lowest BCUT2D eigenvalue weighted by atomic mass is 10.2. The van der Waals surface area contributed by atoms with Crippen molar-refractivity contribution in [1.82, 2.24) is 4.72 Å². The average Bonchev–Trinajstić information content (AvgIpc) is 2.41. The number of aryl methyl sites for hydroxylation is 1. The Bertz CT molecular complexity index is 657. The van der Waals surface area contributed by atoms with Crippen molar-refractivity contribution < 1.29 is 17.7 Å². The second-order valence-electron chi connectivity index (χ2n) is 4.84. The number of nitro benzene ring substituents is 1. The number of rotatable bonds is 4. The zero-order valence-corrected chi connectivity index (χ0v) is 13.0. The summed E-state index contributed by atoms with van der Waals surface area (Å²) in [7, 11) is -3.89. The van der Waals surface area contributed by atoms with Gasteiger partial charge in [0.05, 0.1) is 9.82 Å². The summed E-state index contributed by atoms with van der Waals surface area (Å²) in [5.74, 6) is 0.735. The van der Waals surface area contributed by atoms with E-state index in [4.69, 9.17) is 0 Å². The smallest absolute Gasteiger partial charge is 0.258 e. The molecule has 21 heavy (non-hydrogen) atoms. The van der Waals surface area contributed by atoms with Gasteiger partial charge in [0.2, 0.25) is 15.8 Å². The first-order valence-corrected chi connectivity index (χ1v) is 8.99. The van der Waals surface area contributed by atoms with Gasteiger partial charge in [0.25, 0.3) is 0 Å². The highest BCUT2D eigenvalue weighted by Crippen LogP contribution is 2.26. The van der Waals surface area contributed by atoms with Gasteiger partial charge in [-0.2, -0.15) is 16.2 Å². The lowest BCUT2D eigenvalue weighted by Crippen LogP contribution is -2.37. The molecule has 1 saturated heterocycles. The molecular weight excluding hydrogens is 319 g/mol. The third-order valence-corrected chi connectivity index (χ3v) is 5.81. The van der Waals surface area contributed by atoms with E-state index in [1.54, 1.807) is 11.8 Å². The molecule has 0 unspecified atom stereocenters. The number of sulfonamides is 1. The zero-order valence-electron chi connectivity index (χ0n) is 11.3. The highest BCUT2D eigenvalue weighted by molar-refractivity contribution is 7.99. The molecule has 0 aliphatic carbocycles. The van der Waals surface area contributed by atoms with Crippen molar-refractivity contribution in [2.24, 2.45) is 0 Å². The van der Waals surface area contributed by atoms with Crippen molar-refractivity contribution in [3.8, 4) is 0 Å². The van der Waals surface area contributed by atoms with Crippen LogP contribution in [0.25, 0.3) is 0 Å². The molecule has 0 bridgehead atoms. The van der Waals surface area contributed by atoms with Crippen molar-refractivity contribution in [1.29, 1.82) is 0 Å². The number of halogens is 1. The number of nitrogens with zero attached hydrogens (tertiary/aromatic N) is 1. The van der Waals surface area contributed by atoms with E-state index in [9.17, 15) is 22.9 Å². The lowest BCUT2D eigenvalue weighted by molar-refractivity contribution is -0.387. The van der Waals surface area contributed by atoms with E-state index in [-0.39, 0.29) is 16.5 Å². The quantitative estimate of drug-likeness (QED) is 0.673. The Balaban J connectivity index is 2.33. The number of hydrogen-bond acceptors (Lipinski definition) is 5. The number of hydrogen-bond donors (Lipinski definition) is 1. The van der Waals surface area contributed by atoms with Gasteiger partial charge in [0.1, 0.15) is 0 Å². The molecule has 1 aliphatic heterocycles. The second-order valence-corrected chi connectivity index (χ2v) is 7.78. The Hall–Kier alpha value is -1.19. The van der Waals surface area contributed by atoms with Crippen LogP contribution in [-0.4, -0.2) is 30.9 Å². The highest BCUT2D eigenvalue weighted by Gasteiger charge is 2.26. The summed E-state index contributed by atoms with van der Waals surface area (Å²) >= 11 is 1.76. The first kappa shape index (κ1) is 16.2. The molecule has 1 aromatic carbocycles. The zero-order chi connectivity index (χ0) is 15.6. The van der Waals surface area contributed by atoms with Crippen LogP contribution in [0, 0.1) is 22.9 Å². The first-order valence-electron chi connectivity index (χ1n) is 6.36. The van der Waals surface area contributed by atoms with Crippen LogP contribution in [0.5, 0.6) is 0 Å². The second kappa shape index (κ2) is 6.29. The summed E-state index contributed by atoms with van der Waals surface area (Å²) < 4.78 is 40.7. The Morgan fingerprint density at radius 2 is 2.00 bits per heavy atom. The highest BCUT2D eigenvalue weighted by atomic mass is 32.2. The van der Waals surface area contributed by atoms with Gasteiger partial charge in [-0.1, -0.05) is 0 Å². The summed E-state index contributed by atoms with van der Waals surface area (Å²) in [4.78, 5) is 9.60. The predicted octanol–water partition coefficient (Wildman–Crippen LogP) is 2.22. The number of benzene rings is 1. The van der Waals surface area contributed by atoms with Gasteiger partial charge < -0.3 is 0 Å². The maximum Gasteiger partial charge on any atom is 0.306 e. The molecule has 0 atom stereocenters. The van der Waals surface area contributed by atoms with E-state index >= 15 is 0 Å². The molecule has 0 amide bonds. The Morgan fingerprint density at radius 1 is 1.38 bits per heavy atom. The van der Waals surface area contributed by atoms with Crippen molar-refractivity contribution >= 4 is 27.5 Å². The fourth-order valence-corrected chi connectivity index (χ4v) is 4.63. The fraction of sp³-hybridized carbons (Fsp3) is 0.500. The fourth-order valence-electron chi connectivity index (χ4n) is 2.11. The van der Waals surface area contributed by atoms with Crippen LogP contribution in [0.15, 0.2) is 17.0 Å². The summed E-state index contributed by atoms with van der Waals surface area (Å²) in [6.45, 7) is 1.30. The normalized spacial score (nSPS) is 16.9. The van der Waals surface area contributed by atoms with Gasteiger partial charge >= 0.3 is 5.69 Å². The van der Waals surface area contributed by atoms with Crippen LogP contribution in [0.3, 0.4) is 0 Å². The van der Waals surface area contributed by atoms with Crippen molar-refractivity contribution in [2.45, 2.75) is 30.7 Å². The summed E-state index contributed by atoms with van der Waals surface area (Å²) in [5, 5.41) is 10.8. The molecule has 9 heteroatoms. The lowest BCUT2D eigenvalue weighted by Gasteiger charge is -2.22. The van der Waals surface area contributed by atoms with Gasteiger partial charge in [0.15, 0.2) is 0 Å². The third-order valence-electron chi connectivity index (χ3n) is 3.26. The van der Waals surface area contributed by atoms with Crippen molar-refractivity contribution in [3.05, 3.63) is 33.6 Å². The average molecular weight is 334 g/mol. The van der Waals surface area contributed by atoms with E-state index in [0.717, 1.165) is 23.6 Å². The summed E-state index contributed by atoms with van der Waals surface area (Å²) in [6, 6.07) is 1.70. The number of thioether (sulfide) groups is 1. The van der Waals surface area contributed by atoms with Gasteiger partial charge in [-0.3, -0.25) is 10.1 Å². The number of nitrogens with one attached hydrogen (secondary N) is 1. The van der Waals surface area contributed by atoms with Gasteiger partial charge in [-0.15, -0.1) is 0 Å². The van der Waals surface area contributed by atoms with Crippen molar-refractivity contribution in [3.63, 3.8) is 0 Å². The molecule has 116 valence electrons. The van der Waals surface area contributed by atoms with E-state index < -0.39 is 26.5 Å². The Kier molecular flexibility index (Phi) is 4.84. The molecule has 6 nitrogen and oxygen atoms in total. The maximum atomic E-state index is 13.6. The summed E-state index contributed by atoms with van der Waals surface area (Å²) in [5.41, 5.74) is -0.890. The standard InChI is InChI=1S/C12H15FN2O4S2/c1-8-6-10(7-11(12(8)13)15(16)17)21(18,19)14-9-2-4-20-5-3-9/h6-7,9,14H,2-5H2,1H3. The van der Waals surface area contributed by atoms with Crippen LogP contribution in [0.1, 0.15) is 18.4 Å². The minimum atomic E-state index is -3.89. The van der Waals surface area contributed by atoms with Crippen LogP contribution in [0.2, 0.25) is 0 Å². The Labute approximate surface area is 126 Å². The SMILES string of the molecule is Cc1cc(S(=O)(=O)NC2CCSCC2)cc([N+](=O)[O-])c1F. The molecule has 2 rings (SSSR count). The summed E-state index contributed by atoms with van der Waals surface area (Å²) in [6.07, 6.45) is 1.43. The molecule has 0 spiro atoms. The number of nitro groups is 1. The van der Waals surface area contributed by atoms with E-state index in [1.807, 2.05) is 0 Å². The van der Waals surface area contributed by atoms with E-state index in [2.05, 4.69) is 4.72 Å². The molecule has 0 saturated carbocycles. The Morgan fingerprint density at radius 3 is 2.57 bits per heavy atom. The molecule has 1 fully saturated rings. The topological polar surface area (TPSA) is 89.3 Å². The molecular formula is C12H15FN2O4S2. The van der Waals surface area contributed by atoms with E-state index in [0.29, 0.717) is 12.8 Å². The molecule has 0 radical (unpaired) electrons.